The highest BCUT2D eigenvalue weighted by Gasteiger charge is 2.16. The molecule has 19 heavy (non-hydrogen) atoms. The van der Waals surface area contributed by atoms with Gasteiger partial charge in [-0.15, -0.1) is 0 Å². The third-order valence-electron chi connectivity index (χ3n) is 2.88. The Hall–Kier alpha value is -2.62. The Morgan fingerprint density at radius 2 is 1.74 bits per heavy atom. The maximum absolute atomic E-state index is 13.7. The van der Waals surface area contributed by atoms with Crippen LogP contribution in [0, 0.1) is 5.82 Å². The Kier molecular flexibility index (Phi) is 2.56. The number of hydrogen-bond donors (Lipinski definition) is 1. The van der Waals surface area contributed by atoms with Crippen LogP contribution in [0.4, 0.5) is 4.39 Å². The van der Waals surface area contributed by atoms with Gasteiger partial charge in [-0.25, -0.2) is 4.39 Å². The smallest absolute Gasteiger partial charge is 0.235 e. The fraction of sp³-hybridized carbons (Fsp3) is 0. The van der Waals surface area contributed by atoms with E-state index in [0.717, 1.165) is 0 Å². The average molecular weight is 256 g/mol. The summed E-state index contributed by atoms with van der Waals surface area (Å²) in [5.41, 5.74) is -0.272. The van der Waals surface area contributed by atoms with Gasteiger partial charge in [-0.1, -0.05) is 36.4 Å². The molecule has 2 aromatic carbocycles. The SMILES string of the molecule is O=c1c(O)c(-c2ccccc2)oc2c(F)cccc12. The van der Waals surface area contributed by atoms with E-state index in [-0.39, 0.29) is 16.7 Å². The van der Waals surface area contributed by atoms with Crippen LogP contribution in [0.25, 0.3) is 22.3 Å². The fourth-order valence-corrected chi connectivity index (χ4v) is 1.96. The summed E-state index contributed by atoms with van der Waals surface area (Å²) in [5, 5.41) is 9.94. The molecule has 0 spiro atoms. The fourth-order valence-electron chi connectivity index (χ4n) is 1.96. The Morgan fingerprint density at radius 3 is 2.47 bits per heavy atom. The molecular weight excluding hydrogens is 247 g/mol. The average Bonchev–Trinajstić information content (AvgIpc) is 2.44. The monoisotopic (exact) mass is 256 g/mol. The minimum Gasteiger partial charge on any atom is -0.502 e. The van der Waals surface area contributed by atoms with Crippen LogP contribution < -0.4 is 5.43 Å². The minimum absolute atomic E-state index is 0.0248. The van der Waals surface area contributed by atoms with Crippen molar-refractivity contribution in [3.8, 4) is 17.1 Å². The zero-order valence-electron chi connectivity index (χ0n) is 9.76. The standard InChI is InChI=1S/C15H9FO3/c16-11-8-4-7-10-12(17)13(18)14(19-15(10)11)9-5-2-1-3-6-9/h1-8,18H. The van der Waals surface area contributed by atoms with Gasteiger partial charge in [0, 0.05) is 5.56 Å². The molecule has 0 bridgehead atoms. The number of para-hydroxylation sites is 1. The van der Waals surface area contributed by atoms with E-state index in [1.807, 2.05) is 0 Å². The predicted octanol–water partition coefficient (Wildman–Crippen LogP) is 3.30. The van der Waals surface area contributed by atoms with Gasteiger partial charge in [-0.2, -0.15) is 0 Å². The van der Waals surface area contributed by atoms with Crippen LogP contribution in [0.3, 0.4) is 0 Å². The van der Waals surface area contributed by atoms with Crippen LogP contribution in [0.5, 0.6) is 5.75 Å². The zero-order valence-corrected chi connectivity index (χ0v) is 9.76. The van der Waals surface area contributed by atoms with Crippen molar-refractivity contribution < 1.29 is 13.9 Å². The van der Waals surface area contributed by atoms with Gasteiger partial charge in [0.1, 0.15) is 0 Å². The molecule has 1 N–H and O–H groups in total. The van der Waals surface area contributed by atoms with Gasteiger partial charge >= 0.3 is 0 Å². The van der Waals surface area contributed by atoms with Gasteiger partial charge in [-0.3, -0.25) is 4.79 Å². The summed E-state index contributed by atoms with van der Waals surface area (Å²) in [6.45, 7) is 0. The van der Waals surface area contributed by atoms with E-state index >= 15 is 0 Å². The minimum atomic E-state index is -0.639. The van der Waals surface area contributed by atoms with Crippen molar-refractivity contribution in [3.05, 3.63) is 64.6 Å². The lowest BCUT2D eigenvalue weighted by atomic mass is 10.1. The van der Waals surface area contributed by atoms with Crippen molar-refractivity contribution in [2.75, 3.05) is 0 Å². The third kappa shape index (κ3) is 1.78. The molecule has 4 heteroatoms. The number of halogens is 1. The molecule has 3 nitrogen and oxygen atoms in total. The number of benzene rings is 2. The summed E-state index contributed by atoms with van der Waals surface area (Å²) in [4.78, 5) is 12.0. The maximum atomic E-state index is 13.7. The quantitative estimate of drug-likeness (QED) is 0.726. The lowest BCUT2D eigenvalue weighted by Gasteiger charge is -2.06. The van der Waals surface area contributed by atoms with Gasteiger partial charge in [0.25, 0.3) is 0 Å². The Balaban J connectivity index is 2.42. The number of hydrogen-bond acceptors (Lipinski definition) is 3. The van der Waals surface area contributed by atoms with E-state index in [0.29, 0.717) is 5.56 Å². The zero-order chi connectivity index (χ0) is 13.4. The van der Waals surface area contributed by atoms with Crippen LogP contribution in [0.1, 0.15) is 0 Å². The van der Waals surface area contributed by atoms with Gasteiger partial charge in [-0.05, 0) is 12.1 Å². The molecule has 1 aromatic heterocycles. The molecule has 0 aliphatic rings. The van der Waals surface area contributed by atoms with Crippen molar-refractivity contribution in [2.24, 2.45) is 0 Å². The molecule has 0 atom stereocenters. The molecule has 1 heterocycles. The summed E-state index contributed by atoms with van der Waals surface area (Å²) in [7, 11) is 0. The van der Waals surface area contributed by atoms with Gasteiger partial charge in [0.05, 0.1) is 5.39 Å². The molecular formula is C15H9FO3. The van der Waals surface area contributed by atoms with E-state index in [2.05, 4.69) is 0 Å². The highest BCUT2D eigenvalue weighted by atomic mass is 19.1. The van der Waals surface area contributed by atoms with Crippen molar-refractivity contribution in [3.63, 3.8) is 0 Å². The van der Waals surface area contributed by atoms with Crippen LogP contribution in [0.15, 0.2) is 57.7 Å². The van der Waals surface area contributed by atoms with Crippen LogP contribution in [-0.4, -0.2) is 5.11 Å². The first-order valence-corrected chi connectivity index (χ1v) is 5.68. The number of fused-ring (bicyclic) bond motifs is 1. The molecule has 94 valence electrons. The van der Waals surface area contributed by atoms with E-state index in [9.17, 15) is 14.3 Å². The highest BCUT2D eigenvalue weighted by molar-refractivity contribution is 5.82. The second kappa shape index (κ2) is 4.24. The van der Waals surface area contributed by atoms with Gasteiger partial charge in [0.2, 0.25) is 11.2 Å². The summed E-state index contributed by atoms with van der Waals surface area (Å²) in [6.07, 6.45) is 0. The Morgan fingerprint density at radius 1 is 1.00 bits per heavy atom. The van der Waals surface area contributed by atoms with E-state index in [1.165, 1.54) is 18.2 Å². The number of rotatable bonds is 1. The Labute approximate surface area is 107 Å². The predicted molar refractivity (Wildman–Crippen MR) is 69.5 cm³/mol. The van der Waals surface area contributed by atoms with Gasteiger partial charge in [0.15, 0.2) is 17.2 Å². The molecule has 0 aliphatic carbocycles. The topological polar surface area (TPSA) is 50.4 Å². The normalized spacial score (nSPS) is 10.8. The van der Waals surface area contributed by atoms with Crippen molar-refractivity contribution in [2.45, 2.75) is 0 Å². The van der Waals surface area contributed by atoms with Crippen LogP contribution in [0.2, 0.25) is 0 Å². The van der Waals surface area contributed by atoms with E-state index in [1.54, 1.807) is 30.3 Å². The highest BCUT2D eigenvalue weighted by Crippen LogP contribution is 2.30. The molecule has 0 saturated heterocycles. The molecule has 0 saturated carbocycles. The molecule has 3 rings (SSSR count). The second-order valence-corrected chi connectivity index (χ2v) is 4.09. The molecule has 0 fully saturated rings. The van der Waals surface area contributed by atoms with Crippen LogP contribution in [-0.2, 0) is 0 Å². The third-order valence-corrected chi connectivity index (χ3v) is 2.88. The van der Waals surface area contributed by atoms with Crippen molar-refractivity contribution >= 4 is 11.0 Å². The molecule has 0 radical (unpaired) electrons. The summed E-state index contributed by atoms with van der Waals surface area (Å²) in [5.74, 6) is -1.17. The summed E-state index contributed by atoms with van der Waals surface area (Å²) < 4.78 is 19.0. The van der Waals surface area contributed by atoms with E-state index in [4.69, 9.17) is 4.42 Å². The Bertz CT molecular complexity index is 807. The summed E-state index contributed by atoms with van der Waals surface area (Å²) in [6, 6.07) is 12.6. The molecule has 3 aromatic rings. The molecule has 0 unspecified atom stereocenters. The number of aromatic hydroxyl groups is 1. The maximum Gasteiger partial charge on any atom is 0.235 e. The molecule has 0 aliphatic heterocycles. The summed E-state index contributed by atoms with van der Waals surface area (Å²) >= 11 is 0. The lowest BCUT2D eigenvalue weighted by molar-refractivity contribution is 0.446. The van der Waals surface area contributed by atoms with Crippen molar-refractivity contribution in [1.82, 2.24) is 0 Å². The first-order valence-electron chi connectivity index (χ1n) is 5.68. The second-order valence-electron chi connectivity index (χ2n) is 4.09. The van der Waals surface area contributed by atoms with E-state index < -0.39 is 17.0 Å². The first-order chi connectivity index (χ1) is 9.18. The van der Waals surface area contributed by atoms with Gasteiger partial charge < -0.3 is 9.52 Å². The molecule has 0 amide bonds. The largest absolute Gasteiger partial charge is 0.502 e. The van der Waals surface area contributed by atoms with Crippen LogP contribution >= 0.6 is 0 Å². The lowest BCUT2D eigenvalue weighted by Crippen LogP contribution is -2.03. The first kappa shape index (κ1) is 11.5. The van der Waals surface area contributed by atoms with Crippen molar-refractivity contribution in [1.29, 1.82) is 0 Å².